The normalized spacial score (nSPS) is 13.7. The second-order valence-corrected chi connectivity index (χ2v) is 4.71. The number of rotatable bonds is 6. The van der Waals surface area contributed by atoms with Crippen LogP contribution in [-0.2, 0) is 0 Å². The molecule has 2 rings (SSSR count). The van der Waals surface area contributed by atoms with Gasteiger partial charge in [-0.3, -0.25) is 0 Å². The molecule has 0 radical (unpaired) electrons. The summed E-state index contributed by atoms with van der Waals surface area (Å²) in [6, 6.07) is 10.7. The number of nitriles is 1. The highest BCUT2D eigenvalue weighted by atomic mass is 15.5. The third-order valence-corrected chi connectivity index (χ3v) is 3.30. The smallest absolute Gasteiger partial charge is 0.143 e. The first-order valence-corrected chi connectivity index (χ1v) is 6.71. The lowest BCUT2D eigenvalue weighted by molar-refractivity contribution is 0.448. The van der Waals surface area contributed by atoms with Gasteiger partial charge in [0.15, 0.2) is 0 Å². The quantitative estimate of drug-likeness (QED) is 0.868. The van der Waals surface area contributed by atoms with Gasteiger partial charge in [0, 0.05) is 12.1 Å². The highest BCUT2D eigenvalue weighted by molar-refractivity contribution is 5.35. The number of tetrazole rings is 1. The van der Waals surface area contributed by atoms with Crippen molar-refractivity contribution in [2.75, 3.05) is 0 Å². The van der Waals surface area contributed by atoms with Gasteiger partial charge >= 0.3 is 0 Å². The molecule has 0 aliphatic heterocycles. The maximum atomic E-state index is 8.80. The molecule has 0 aliphatic rings. The Kier molecular flexibility index (Phi) is 4.80. The fourth-order valence-corrected chi connectivity index (χ4v) is 2.10. The van der Waals surface area contributed by atoms with Gasteiger partial charge in [0.05, 0.1) is 18.2 Å². The molecule has 0 aliphatic carbocycles. The molecule has 2 atom stereocenters. The largest absolute Gasteiger partial charge is 0.306 e. The lowest BCUT2D eigenvalue weighted by Gasteiger charge is -2.21. The summed E-state index contributed by atoms with van der Waals surface area (Å²) >= 11 is 0. The first-order valence-electron chi connectivity index (χ1n) is 6.71. The Balaban J connectivity index is 2.12. The molecule has 0 bridgehead atoms. The van der Waals surface area contributed by atoms with Crippen LogP contribution < -0.4 is 5.32 Å². The van der Waals surface area contributed by atoms with Crippen LogP contribution in [0.4, 0.5) is 0 Å². The summed E-state index contributed by atoms with van der Waals surface area (Å²) in [6.07, 6.45) is 3.03. The molecule has 2 aromatic rings. The molecule has 2 unspecified atom stereocenters. The Morgan fingerprint density at radius 3 is 2.95 bits per heavy atom. The maximum Gasteiger partial charge on any atom is 0.143 e. The molecule has 0 spiro atoms. The van der Waals surface area contributed by atoms with Crippen molar-refractivity contribution in [2.45, 2.75) is 38.8 Å². The highest BCUT2D eigenvalue weighted by Gasteiger charge is 2.12. The predicted molar refractivity (Wildman–Crippen MR) is 75.0 cm³/mol. The van der Waals surface area contributed by atoms with E-state index in [0.29, 0.717) is 6.42 Å². The maximum absolute atomic E-state index is 8.80. The zero-order valence-electron chi connectivity index (χ0n) is 11.7. The van der Waals surface area contributed by atoms with E-state index >= 15 is 0 Å². The van der Waals surface area contributed by atoms with Crippen molar-refractivity contribution in [2.24, 2.45) is 0 Å². The molecule has 0 fully saturated rings. The number of hydrogen-bond acceptors (Lipinski definition) is 5. The van der Waals surface area contributed by atoms with Crippen LogP contribution >= 0.6 is 0 Å². The van der Waals surface area contributed by atoms with Gasteiger partial charge in [-0.25, -0.2) is 4.68 Å². The fraction of sp³-hybridized carbons (Fsp3) is 0.429. The summed E-state index contributed by atoms with van der Waals surface area (Å²) in [5.41, 5.74) is 2.07. The van der Waals surface area contributed by atoms with Crippen LogP contribution in [0.2, 0.25) is 0 Å². The van der Waals surface area contributed by atoms with E-state index in [0.717, 1.165) is 17.7 Å². The second kappa shape index (κ2) is 6.78. The van der Waals surface area contributed by atoms with Crippen molar-refractivity contribution >= 4 is 0 Å². The molecule has 0 saturated heterocycles. The van der Waals surface area contributed by atoms with Crippen LogP contribution in [0.5, 0.6) is 0 Å². The molecule has 1 N–H and O–H groups in total. The SMILES string of the molecule is CCC(CC#N)NC(C)c1cccc(-n2cnnn2)c1. The van der Waals surface area contributed by atoms with Crippen LogP contribution in [0.3, 0.4) is 0 Å². The minimum absolute atomic E-state index is 0.171. The van der Waals surface area contributed by atoms with Crippen LogP contribution in [-0.4, -0.2) is 26.2 Å². The minimum atomic E-state index is 0.171. The van der Waals surface area contributed by atoms with Crippen molar-refractivity contribution in [1.29, 1.82) is 5.26 Å². The van der Waals surface area contributed by atoms with E-state index in [2.05, 4.69) is 46.8 Å². The molecule has 6 heteroatoms. The Morgan fingerprint density at radius 2 is 2.30 bits per heavy atom. The van der Waals surface area contributed by atoms with E-state index in [1.165, 1.54) is 0 Å². The highest BCUT2D eigenvalue weighted by Crippen LogP contribution is 2.17. The Bertz CT molecular complexity index is 572. The molecule has 20 heavy (non-hydrogen) atoms. The van der Waals surface area contributed by atoms with Crippen LogP contribution in [0.25, 0.3) is 5.69 Å². The van der Waals surface area contributed by atoms with E-state index < -0.39 is 0 Å². The van der Waals surface area contributed by atoms with Gasteiger partial charge in [-0.15, -0.1) is 5.10 Å². The zero-order chi connectivity index (χ0) is 14.4. The Labute approximate surface area is 118 Å². The predicted octanol–water partition coefficient (Wildman–Crippen LogP) is 2.01. The van der Waals surface area contributed by atoms with Crippen molar-refractivity contribution in [1.82, 2.24) is 25.5 Å². The summed E-state index contributed by atoms with van der Waals surface area (Å²) in [4.78, 5) is 0. The summed E-state index contributed by atoms with van der Waals surface area (Å²) in [5, 5.41) is 23.4. The van der Waals surface area contributed by atoms with Gasteiger partial charge in [0.2, 0.25) is 0 Å². The van der Waals surface area contributed by atoms with E-state index in [1.807, 2.05) is 18.2 Å². The van der Waals surface area contributed by atoms with Crippen molar-refractivity contribution in [3.05, 3.63) is 36.2 Å². The molecule has 0 saturated carbocycles. The molecule has 1 aromatic carbocycles. The second-order valence-electron chi connectivity index (χ2n) is 4.71. The molecule has 6 nitrogen and oxygen atoms in total. The molecule has 1 aromatic heterocycles. The summed E-state index contributed by atoms with van der Waals surface area (Å²) in [7, 11) is 0. The monoisotopic (exact) mass is 270 g/mol. The lowest BCUT2D eigenvalue weighted by atomic mass is 10.0. The van der Waals surface area contributed by atoms with Crippen LogP contribution in [0.15, 0.2) is 30.6 Å². The fourth-order valence-electron chi connectivity index (χ4n) is 2.10. The van der Waals surface area contributed by atoms with Gasteiger partial charge < -0.3 is 5.32 Å². The van der Waals surface area contributed by atoms with Gasteiger partial charge in [-0.1, -0.05) is 19.1 Å². The molecule has 104 valence electrons. The molecule has 1 heterocycles. The number of benzene rings is 1. The van der Waals surface area contributed by atoms with E-state index in [4.69, 9.17) is 5.26 Å². The minimum Gasteiger partial charge on any atom is -0.306 e. The lowest BCUT2D eigenvalue weighted by Crippen LogP contribution is -2.30. The average molecular weight is 270 g/mol. The number of aromatic nitrogens is 4. The Morgan fingerprint density at radius 1 is 1.45 bits per heavy atom. The number of nitrogens with one attached hydrogen (secondary N) is 1. The van der Waals surface area contributed by atoms with Gasteiger partial charge in [-0.05, 0) is 41.5 Å². The van der Waals surface area contributed by atoms with Crippen LogP contribution in [0.1, 0.15) is 38.3 Å². The van der Waals surface area contributed by atoms with Crippen molar-refractivity contribution in [3.8, 4) is 11.8 Å². The van der Waals surface area contributed by atoms with E-state index in [9.17, 15) is 0 Å². The first kappa shape index (κ1) is 14.2. The summed E-state index contributed by atoms with van der Waals surface area (Å²) < 4.78 is 1.63. The van der Waals surface area contributed by atoms with Gasteiger partial charge in [0.1, 0.15) is 6.33 Å². The van der Waals surface area contributed by atoms with E-state index in [-0.39, 0.29) is 12.1 Å². The van der Waals surface area contributed by atoms with Gasteiger partial charge in [-0.2, -0.15) is 5.26 Å². The summed E-state index contributed by atoms with van der Waals surface area (Å²) in [5.74, 6) is 0. The molecule has 0 amide bonds. The first-order chi connectivity index (χ1) is 9.74. The molecular weight excluding hydrogens is 252 g/mol. The standard InChI is InChI=1S/C14H18N6/c1-3-13(7-8-15)17-11(2)12-5-4-6-14(9-12)20-10-16-18-19-20/h4-6,9-11,13,17H,3,7H2,1-2H3. The third kappa shape index (κ3) is 3.39. The zero-order valence-corrected chi connectivity index (χ0v) is 11.7. The van der Waals surface area contributed by atoms with Crippen molar-refractivity contribution < 1.29 is 0 Å². The average Bonchev–Trinajstić information content (AvgIpc) is 3.01. The van der Waals surface area contributed by atoms with Gasteiger partial charge in [0.25, 0.3) is 0 Å². The number of hydrogen-bond donors (Lipinski definition) is 1. The Hall–Kier alpha value is -2.26. The summed E-state index contributed by atoms with van der Waals surface area (Å²) in [6.45, 7) is 4.18. The molecular formula is C14H18N6. The topological polar surface area (TPSA) is 79.4 Å². The van der Waals surface area contributed by atoms with E-state index in [1.54, 1.807) is 11.0 Å². The number of nitrogens with zero attached hydrogens (tertiary/aromatic N) is 5. The van der Waals surface area contributed by atoms with Crippen LogP contribution in [0, 0.1) is 11.3 Å². The third-order valence-electron chi connectivity index (χ3n) is 3.30. The van der Waals surface area contributed by atoms with Crippen molar-refractivity contribution in [3.63, 3.8) is 0 Å².